The third-order valence-corrected chi connectivity index (χ3v) is 5.86. The molecule has 1 aliphatic rings. The summed E-state index contributed by atoms with van der Waals surface area (Å²) in [5.74, 6) is -1.31. The van der Waals surface area contributed by atoms with E-state index in [0.29, 0.717) is 19.3 Å². The van der Waals surface area contributed by atoms with E-state index in [2.05, 4.69) is 15.6 Å². The maximum atomic E-state index is 13.1. The molecule has 1 amide bonds. The number of carbonyl (C=O) groups excluding carboxylic acids is 1. The molecular weight excluding hydrogens is 394 g/mol. The van der Waals surface area contributed by atoms with Gasteiger partial charge in [0.05, 0.1) is 17.9 Å². The summed E-state index contributed by atoms with van der Waals surface area (Å²) in [6.07, 6.45) is 2.84. The van der Waals surface area contributed by atoms with Gasteiger partial charge in [-0.25, -0.2) is 0 Å². The van der Waals surface area contributed by atoms with E-state index in [1.165, 1.54) is 0 Å². The number of nitrogens with zero attached hydrogens (tertiary/aromatic N) is 2. The molecule has 0 bridgehead atoms. The van der Waals surface area contributed by atoms with Gasteiger partial charge < -0.3 is 16.2 Å². The lowest BCUT2D eigenvalue weighted by Crippen LogP contribution is -2.51. The van der Waals surface area contributed by atoms with E-state index in [1.807, 2.05) is 54.6 Å². The van der Waals surface area contributed by atoms with Crippen LogP contribution in [0.3, 0.4) is 0 Å². The molecule has 1 atom stereocenters. The Balaban J connectivity index is 1.78. The van der Waals surface area contributed by atoms with Crippen LogP contribution in [0.5, 0.6) is 0 Å². The fourth-order valence-electron chi connectivity index (χ4n) is 4.19. The number of nitrogens with two attached hydrogens (primary N) is 1. The molecule has 0 radical (unpaired) electrons. The van der Waals surface area contributed by atoms with Crippen molar-refractivity contribution in [3.8, 4) is 11.1 Å². The summed E-state index contributed by atoms with van der Waals surface area (Å²) < 4.78 is 0. The number of benzene rings is 2. The summed E-state index contributed by atoms with van der Waals surface area (Å²) >= 11 is 0. The Labute approximate surface area is 181 Å². The molecular formula is C23H27N5O3. The van der Waals surface area contributed by atoms with Crippen molar-refractivity contribution < 1.29 is 14.7 Å². The number of carboxylic acids is 1. The van der Waals surface area contributed by atoms with Gasteiger partial charge in [-0.15, -0.1) is 5.10 Å². The predicted molar refractivity (Wildman–Crippen MR) is 117 cm³/mol. The number of carbonyl (C=O) groups is 2. The van der Waals surface area contributed by atoms with Crippen molar-refractivity contribution in [2.45, 2.75) is 44.6 Å². The van der Waals surface area contributed by atoms with Crippen molar-refractivity contribution in [2.75, 3.05) is 0 Å². The lowest BCUT2D eigenvalue weighted by Gasteiger charge is -2.29. The van der Waals surface area contributed by atoms with Crippen LogP contribution in [0.4, 0.5) is 0 Å². The van der Waals surface area contributed by atoms with Gasteiger partial charge in [-0.1, -0.05) is 72.7 Å². The Morgan fingerprint density at radius 2 is 1.68 bits per heavy atom. The minimum absolute atomic E-state index is 0.0129. The smallest absolute Gasteiger partial charge is 0.304 e. The van der Waals surface area contributed by atoms with Crippen LogP contribution in [-0.2, 0) is 16.0 Å². The lowest BCUT2D eigenvalue weighted by atomic mass is 9.81. The summed E-state index contributed by atoms with van der Waals surface area (Å²) in [6, 6.07) is 17.2. The van der Waals surface area contributed by atoms with Gasteiger partial charge in [-0.3, -0.25) is 9.59 Å². The number of aliphatic carboxylic acids is 1. The molecule has 2 aromatic rings. The molecule has 2 aromatic carbocycles. The van der Waals surface area contributed by atoms with Gasteiger partial charge in [-0.2, -0.15) is 5.53 Å². The first kappa shape index (κ1) is 22.1. The molecule has 1 saturated carbocycles. The average Bonchev–Trinajstić information content (AvgIpc) is 3.23. The lowest BCUT2D eigenvalue weighted by molar-refractivity contribution is -0.145. The Bertz CT molecular complexity index is 951. The maximum absolute atomic E-state index is 13.1. The van der Waals surface area contributed by atoms with Gasteiger partial charge in [0.15, 0.2) is 0 Å². The Morgan fingerprint density at radius 1 is 1.06 bits per heavy atom. The fraction of sp³-hybridized carbons (Fsp3) is 0.348. The summed E-state index contributed by atoms with van der Waals surface area (Å²) in [5, 5.41) is 18.8. The first-order valence-corrected chi connectivity index (χ1v) is 10.3. The Morgan fingerprint density at radius 3 is 2.26 bits per heavy atom. The molecule has 162 valence electrons. The molecule has 3 rings (SSSR count). The van der Waals surface area contributed by atoms with Gasteiger partial charge in [0.1, 0.15) is 5.84 Å². The highest BCUT2D eigenvalue weighted by molar-refractivity contribution is 5.93. The van der Waals surface area contributed by atoms with Crippen LogP contribution in [-0.4, -0.2) is 28.9 Å². The van der Waals surface area contributed by atoms with Crippen molar-refractivity contribution in [1.82, 2.24) is 5.32 Å². The quantitative estimate of drug-likeness (QED) is 0.212. The molecule has 0 unspecified atom stereocenters. The number of amides is 1. The minimum Gasteiger partial charge on any atom is -0.481 e. The standard InChI is InChI=1S/C23H27N5O3/c24-21(27-28-25)19(26-22(31)23(15-20(29)30)12-4-5-13-23)14-16-8-10-18(11-9-16)17-6-2-1-3-7-17/h1-3,6-11,19H,4-5,12-15H2,(H,26,31)(H,29,30)(H3,24,25,27)/t19-/m0/s1. The second-order valence-electron chi connectivity index (χ2n) is 7.98. The monoisotopic (exact) mass is 421 g/mol. The van der Waals surface area contributed by atoms with Crippen LogP contribution >= 0.6 is 0 Å². The third kappa shape index (κ3) is 5.53. The van der Waals surface area contributed by atoms with Crippen LogP contribution in [0.1, 0.15) is 37.7 Å². The first-order valence-electron chi connectivity index (χ1n) is 10.3. The van der Waals surface area contributed by atoms with E-state index < -0.39 is 17.4 Å². The molecule has 5 N–H and O–H groups in total. The number of carboxylic acid groups (broad SMARTS) is 1. The normalized spacial score (nSPS) is 16.5. The first-order chi connectivity index (χ1) is 14.9. The molecule has 0 saturated heterocycles. The van der Waals surface area contributed by atoms with E-state index in [1.54, 1.807) is 0 Å². The number of hydrogen-bond acceptors (Lipinski definition) is 4. The summed E-state index contributed by atoms with van der Waals surface area (Å²) in [5.41, 5.74) is 15.1. The zero-order valence-corrected chi connectivity index (χ0v) is 17.3. The topological polar surface area (TPSA) is 141 Å². The predicted octanol–water partition coefficient (Wildman–Crippen LogP) is 3.72. The average molecular weight is 422 g/mol. The molecule has 8 heteroatoms. The van der Waals surface area contributed by atoms with E-state index in [0.717, 1.165) is 29.5 Å². The summed E-state index contributed by atoms with van der Waals surface area (Å²) in [6.45, 7) is 0. The fourth-order valence-corrected chi connectivity index (χ4v) is 4.19. The second-order valence-corrected chi connectivity index (χ2v) is 7.98. The molecule has 0 spiro atoms. The number of nitrogens with one attached hydrogen (secondary N) is 2. The molecule has 1 aliphatic carbocycles. The SMILES string of the molecule is N=N/N=C(\N)[C@H](Cc1ccc(-c2ccccc2)cc1)NC(=O)C1(CC(=O)O)CCCC1. The summed E-state index contributed by atoms with van der Waals surface area (Å²) in [7, 11) is 0. The van der Waals surface area contributed by atoms with Crippen molar-refractivity contribution in [3.63, 3.8) is 0 Å². The third-order valence-electron chi connectivity index (χ3n) is 5.86. The number of rotatable bonds is 9. The van der Waals surface area contributed by atoms with Crippen molar-refractivity contribution >= 4 is 17.7 Å². The highest BCUT2D eigenvalue weighted by Crippen LogP contribution is 2.41. The van der Waals surface area contributed by atoms with Crippen molar-refractivity contribution in [1.29, 1.82) is 5.53 Å². The van der Waals surface area contributed by atoms with E-state index in [4.69, 9.17) is 11.3 Å². The van der Waals surface area contributed by atoms with Crippen LogP contribution in [0.25, 0.3) is 11.1 Å². The zero-order valence-electron chi connectivity index (χ0n) is 17.3. The maximum Gasteiger partial charge on any atom is 0.304 e. The van der Waals surface area contributed by atoms with Crippen molar-refractivity contribution in [2.24, 2.45) is 21.5 Å². The van der Waals surface area contributed by atoms with E-state index >= 15 is 0 Å². The highest BCUT2D eigenvalue weighted by Gasteiger charge is 2.43. The highest BCUT2D eigenvalue weighted by atomic mass is 16.4. The second kappa shape index (κ2) is 9.97. The van der Waals surface area contributed by atoms with Gasteiger partial charge in [0.25, 0.3) is 0 Å². The van der Waals surface area contributed by atoms with Crippen LogP contribution < -0.4 is 11.1 Å². The van der Waals surface area contributed by atoms with E-state index in [9.17, 15) is 14.7 Å². The molecule has 1 fully saturated rings. The van der Waals surface area contributed by atoms with Crippen molar-refractivity contribution in [3.05, 3.63) is 60.2 Å². The largest absolute Gasteiger partial charge is 0.481 e. The molecule has 31 heavy (non-hydrogen) atoms. The Hall–Kier alpha value is -3.55. The van der Waals surface area contributed by atoms with Gasteiger partial charge in [-0.05, 0) is 36.0 Å². The number of amidine groups is 1. The summed E-state index contributed by atoms with van der Waals surface area (Å²) in [4.78, 5) is 24.4. The van der Waals surface area contributed by atoms with Crippen LogP contribution in [0.15, 0.2) is 64.9 Å². The van der Waals surface area contributed by atoms with Gasteiger partial charge in [0, 0.05) is 0 Å². The zero-order chi connectivity index (χ0) is 22.3. The molecule has 0 aliphatic heterocycles. The molecule has 8 nitrogen and oxygen atoms in total. The number of hydrogen-bond donors (Lipinski definition) is 4. The Kier molecular flexibility index (Phi) is 7.12. The van der Waals surface area contributed by atoms with Crippen LogP contribution in [0.2, 0.25) is 0 Å². The minimum atomic E-state index is -0.993. The molecule has 0 heterocycles. The van der Waals surface area contributed by atoms with E-state index in [-0.39, 0.29) is 18.2 Å². The van der Waals surface area contributed by atoms with Crippen LogP contribution in [0, 0.1) is 10.9 Å². The van der Waals surface area contributed by atoms with Gasteiger partial charge in [0.2, 0.25) is 5.91 Å². The molecule has 0 aromatic heterocycles. The van der Waals surface area contributed by atoms with Gasteiger partial charge >= 0.3 is 5.97 Å².